The van der Waals surface area contributed by atoms with E-state index in [9.17, 15) is 5.11 Å². The summed E-state index contributed by atoms with van der Waals surface area (Å²) >= 11 is 1.38. The van der Waals surface area contributed by atoms with E-state index in [2.05, 4.69) is 29.9 Å². The van der Waals surface area contributed by atoms with Gasteiger partial charge in [-0.3, -0.25) is 9.29 Å². The van der Waals surface area contributed by atoms with E-state index in [0.717, 1.165) is 5.56 Å². The lowest BCUT2D eigenvalue weighted by atomic mass is 10.2. The van der Waals surface area contributed by atoms with Crippen LogP contribution in [0.3, 0.4) is 0 Å². The number of aliphatic hydroxyl groups excluding tert-OH is 1. The number of hydrogen-bond acceptors (Lipinski definition) is 12. The number of methoxy groups -OCH3 is 3. The molecule has 212 valence electrons. The van der Waals surface area contributed by atoms with Crippen molar-refractivity contribution in [2.24, 2.45) is 0 Å². The van der Waals surface area contributed by atoms with Gasteiger partial charge in [0.05, 0.1) is 26.6 Å². The van der Waals surface area contributed by atoms with Crippen molar-refractivity contribution >= 4 is 17.9 Å². The molecule has 4 aromatic rings. The lowest BCUT2D eigenvalue weighted by Crippen LogP contribution is -2.21. The molecule has 2 unspecified atom stereocenters. The number of nitrogens with zero attached hydrogens (tertiary/aromatic N) is 6. The number of para-hydroxylation sites is 1. The van der Waals surface area contributed by atoms with Gasteiger partial charge in [0.1, 0.15) is 29.0 Å². The van der Waals surface area contributed by atoms with E-state index in [1.807, 2.05) is 44.2 Å². The van der Waals surface area contributed by atoms with E-state index in [0.29, 0.717) is 59.4 Å². The van der Waals surface area contributed by atoms with Crippen molar-refractivity contribution in [3.63, 3.8) is 0 Å². The molecule has 0 saturated carbocycles. The minimum atomic E-state index is -0.443. The molecule has 3 heterocycles. The van der Waals surface area contributed by atoms with E-state index in [1.165, 1.54) is 11.9 Å². The normalized spacial score (nSPS) is 12.6. The van der Waals surface area contributed by atoms with Crippen molar-refractivity contribution < 1.29 is 24.1 Å². The molecule has 0 aliphatic carbocycles. The molecular weight excluding hydrogens is 534 g/mol. The molecule has 4 rings (SSSR count). The molecule has 2 N–H and O–H groups in total. The summed E-state index contributed by atoms with van der Waals surface area (Å²) in [6.07, 6.45) is 3.58. The monoisotopic (exact) mass is 567 g/mol. The minimum Gasteiger partial charge on any atom is -0.494 e. The molecule has 0 fully saturated rings. The Labute approximate surface area is 237 Å². The molecule has 2 atom stereocenters. The number of hydrogen-bond donors (Lipinski definition) is 2. The summed E-state index contributed by atoms with van der Waals surface area (Å²) in [6.45, 7) is 4.33. The summed E-state index contributed by atoms with van der Waals surface area (Å²) in [4.78, 5) is 13.5. The second kappa shape index (κ2) is 13.9. The van der Waals surface area contributed by atoms with Crippen molar-refractivity contribution in [2.75, 3.05) is 39.3 Å². The van der Waals surface area contributed by atoms with E-state index in [-0.39, 0.29) is 11.9 Å². The van der Waals surface area contributed by atoms with Gasteiger partial charge >= 0.3 is 0 Å². The van der Waals surface area contributed by atoms with Gasteiger partial charge in [0.25, 0.3) is 0 Å². The molecule has 12 nitrogen and oxygen atoms in total. The highest BCUT2D eigenvalue weighted by Gasteiger charge is 2.27. The SMILES string of the molecule is COc1cccc(-c2nnc(NSC(C)C(OCCCO)c3ncc(C)cn3)n2-c2c(OC)cccc2OC)n1. The van der Waals surface area contributed by atoms with Crippen LogP contribution >= 0.6 is 11.9 Å². The fourth-order valence-corrected chi connectivity index (χ4v) is 4.63. The molecular formula is C27H33N7O5S. The fraction of sp³-hybridized carbons (Fsp3) is 0.370. The number of pyridine rings is 1. The third-order valence-electron chi connectivity index (χ3n) is 5.87. The number of anilines is 1. The van der Waals surface area contributed by atoms with Gasteiger partial charge < -0.3 is 24.1 Å². The topological polar surface area (TPSA) is 139 Å². The lowest BCUT2D eigenvalue weighted by Gasteiger charge is -2.23. The molecule has 40 heavy (non-hydrogen) atoms. The molecule has 0 saturated heterocycles. The quantitative estimate of drug-likeness (QED) is 0.168. The number of aliphatic hydroxyl groups is 1. The van der Waals surface area contributed by atoms with Crippen LogP contribution in [0.25, 0.3) is 17.2 Å². The highest BCUT2D eigenvalue weighted by atomic mass is 32.2. The Morgan fingerprint density at radius 1 is 0.975 bits per heavy atom. The van der Waals surface area contributed by atoms with Crippen LogP contribution in [-0.4, -0.2) is 74.6 Å². The second-order valence-corrected chi connectivity index (χ2v) is 9.85. The largest absolute Gasteiger partial charge is 0.494 e. The Hall–Kier alpha value is -3.94. The number of benzene rings is 1. The van der Waals surface area contributed by atoms with Gasteiger partial charge in [0, 0.05) is 31.7 Å². The molecule has 0 bridgehead atoms. The molecule has 0 radical (unpaired) electrons. The van der Waals surface area contributed by atoms with E-state index < -0.39 is 6.10 Å². The maximum atomic E-state index is 9.25. The average Bonchev–Trinajstić information content (AvgIpc) is 3.41. The third kappa shape index (κ3) is 6.61. The maximum Gasteiger partial charge on any atom is 0.239 e. The Bertz CT molecular complexity index is 1360. The van der Waals surface area contributed by atoms with E-state index in [4.69, 9.17) is 18.9 Å². The summed E-state index contributed by atoms with van der Waals surface area (Å²) in [5, 5.41) is 18.0. The number of nitrogens with one attached hydrogen (secondary N) is 1. The second-order valence-electron chi connectivity index (χ2n) is 8.67. The molecule has 1 aromatic carbocycles. The first-order valence-electron chi connectivity index (χ1n) is 12.6. The Balaban J connectivity index is 1.72. The zero-order chi connectivity index (χ0) is 28.5. The Kier molecular flexibility index (Phi) is 10.1. The first-order valence-corrected chi connectivity index (χ1v) is 13.5. The van der Waals surface area contributed by atoms with Crippen LogP contribution in [-0.2, 0) is 4.74 Å². The predicted octanol–water partition coefficient (Wildman–Crippen LogP) is 4.04. The molecule has 0 aliphatic heterocycles. The summed E-state index contributed by atoms with van der Waals surface area (Å²) in [7, 11) is 4.74. The van der Waals surface area contributed by atoms with E-state index >= 15 is 0 Å². The number of ether oxygens (including phenoxy) is 4. The Morgan fingerprint density at radius 2 is 1.68 bits per heavy atom. The highest BCUT2D eigenvalue weighted by Crippen LogP contribution is 2.38. The van der Waals surface area contributed by atoms with Crippen LogP contribution in [0.5, 0.6) is 17.4 Å². The lowest BCUT2D eigenvalue weighted by molar-refractivity contribution is 0.0390. The molecule has 0 spiro atoms. The fourth-order valence-electron chi connectivity index (χ4n) is 3.88. The van der Waals surface area contributed by atoms with Gasteiger partial charge in [0.15, 0.2) is 11.6 Å². The minimum absolute atomic E-state index is 0.0339. The predicted molar refractivity (Wildman–Crippen MR) is 152 cm³/mol. The van der Waals surface area contributed by atoms with E-state index in [1.54, 1.807) is 44.4 Å². The van der Waals surface area contributed by atoms with Crippen LogP contribution in [0.4, 0.5) is 5.95 Å². The number of rotatable bonds is 14. The van der Waals surface area contributed by atoms with Crippen LogP contribution in [0.1, 0.15) is 30.8 Å². The van der Waals surface area contributed by atoms with Gasteiger partial charge in [-0.05, 0) is 56.0 Å². The van der Waals surface area contributed by atoms with Gasteiger partial charge in [-0.15, -0.1) is 10.2 Å². The van der Waals surface area contributed by atoms with Crippen molar-refractivity contribution in [3.05, 3.63) is 60.2 Å². The molecule has 13 heteroatoms. The summed E-state index contributed by atoms with van der Waals surface area (Å²) in [5.41, 5.74) is 2.10. The average molecular weight is 568 g/mol. The summed E-state index contributed by atoms with van der Waals surface area (Å²) in [5.74, 6) is 2.98. The van der Waals surface area contributed by atoms with Crippen LogP contribution in [0.15, 0.2) is 48.8 Å². The first kappa shape index (κ1) is 29.1. The Morgan fingerprint density at radius 3 is 2.33 bits per heavy atom. The van der Waals surface area contributed by atoms with Crippen molar-refractivity contribution in [1.82, 2.24) is 29.7 Å². The first-order chi connectivity index (χ1) is 19.5. The van der Waals surface area contributed by atoms with Gasteiger partial charge in [-0.2, -0.15) is 0 Å². The van der Waals surface area contributed by atoms with Crippen LogP contribution in [0.2, 0.25) is 0 Å². The number of aromatic nitrogens is 6. The zero-order valence-electron chi connectivity index (χ0n) is 23.1. The third-order valence-corrected chi connectivity index (χ3v) is 6.79. The van der Waals surface area contributed by atoms with Crippen molar-refractivity contribution in [1.29, 1.82) is 0 Å². The highest BCUT2D eigenvalue weighted by molar-refractivity contribution is 8.01. The van der Waals surface area contributed by atoms with Gasteiger partial charge in [-0.25, -0.2) is 15.0 Å². The summed E-state index contributed by atoms with van der Waals surface area (Å²) < 4.78 is 28.0. The zero-order valence-corrected chi connectivity index (χ0v) is 23.9. The number of aryl methyl sites for hydroxylation is 1. The van der Waals surface area contributed by atoms with Crippen LogP contribution in [0, 0.1) is 6.92 Å². The molecule has 0 amide bonds. The molecule has 3 aromatic heterocycles. The smallest absolute Gasteiger partial charge is 0.239 e. The van der Waals surface area contributed by atoms with Gasteiger partial charge in [-0.1, -0.05) is 12.1 Å². The van der Waals surface area contributed by atoms with Crippen LogP contribution < -0.4 is 18.9 Å². The van der Waals surface area contributed by atoms with Crippen molar-refractivity contribution in [3.8, 4) is 34.6 Å². The van der Waals surface area contributed by atoms with Crippen molar-refractivity contribution in [2.45, 2.75) is 31.6 Å². The maximum absolute atomic E-state index is 9.25. The molecule has 0 aliphatic rings. The standard InChI is InChI=1S/C27H33N7O5S/c1-17-15-28-25(29-16-17)24(39-14-8-13-35)18(2)40-33-27-32-31-26(19-9-6-12-22(30-19)38-5)34(27)23-20(36-3)10-7-11-21(23)37-4/h6-7,9-12,15-16,18,24,35H,8,13-14H2,1-5H3,(H,32,33). The van der Waals surface area contributed by atoms with Gasteiger partial charge in [0.2, 0.25) is 11.8 Å². The summed E-state index contributed by atoms with van der Waals surface area (Å²) in [6, 6.07) is 10.9.